The second kappa shape index (κ2) is 10.6. The number of carbonyl (C=O) groups excluding carboxylic acids is 1. The van der Waals surface area contributed by atoms with Gasteiger partial charge in [-0.1, -0.05) is 23.9 Å². The summed E-state index contributed by atoms with van der Waals surface area (Å²) in [6.45, 7) is 0. The largest absolute Gasteiger partial charge is 0.497 e. The Bertz CT molecular complexity index is 1420. The summed E-state index contributed by atoms with van der Waals surface area (Å²) in [4.78, 5) is 12.5. The number of Topliss-reactive ketones (excluding diaryl/α,β-unsaturated/α-hetero) is 1. The van der Waals surface area contributed by atoms with Crippen LogP contribution < -0.4 is 14.2 Å². The van der Waals surface area contributed by atoms with E-state index < -0.39 is 10.0 Å². The molecule has 0 fully saturated rings. The summed E-state index contributed by atoms with van der Waals surface area (Å²) < 4.78 is 43.6. The van der Waals surface area contributed by atoms with E-state index in [4.69, 9.17) is 13.9 Å². The Morgan fingerprint density at radius 2 is 1.66 bits per heavy atom. The van der Waals surface area contributed by atoms with Crippen LogP contribution in [0, 0.1) is 0 Å². The lowest BCUT2D eigenvalue weighted by molar-refractivity contribution is 0.102. The van der Waals surface area contributed by atoms with Gasteiger partial charge in [0.15, 0.2) is 5.78 Å². The van der Waals surface area contributed by atoms with Gasteiger partial charge in [0.1, 0.15) is 11.5 Å². The van der Waals surface area contributed by atoms with Gasteiger partial charge in [-0.3, -0.25) is 9.52 Å². The van der Waals surface area contributed by atoms with Crippen LogP contribution in [0.15, 0.2) is 87.3 Å². The maximum absolute atomic E-state index is 12.6. The quantitative estimate of drug-likeness (QED) is 0.242. The molecule has 9 nitrogen and oxygen atoms in total. The molecular formula is C24H21N3O6S2. The van der Waals surface area contributed by atoms with Crippen molar-refractivity contribution in [1.82, 2.24) is 10.2 Å². The first-order chi connectivity index (χ1) is 16.9. The van der Waals surface area contributed by atoms with Crippen molar-refractivity contribution < 1.29 is 27.1 Å². The van der Waals surface area contributed by atoms with Crippen molar-refractivity contribution in [2.24, 2.45) is 0 Å². The first-order valence-corrected chi connectivity index (χ1v) is 12.8. The van der Waals surface area contributed by atoms with E-state index in [0.29, 0.717) is 28.3 Å². The zero-order valence-corrected chi connectivity index (χ0v) is 20.4. The van der Waals surface area contributed by atoms with Crippen LogP contribution in [0.2, 0.25) is 0 Å². The number of thioether (sulfide) groups is 1. The number of carbonyl (C=O) groups is 1. The van der Waals surface area contributed by atoms with E-state index in [1.54, 1.807) is 67.8 Å². The highest BCUT2D eigenvalue weighted by Gasteiger charge is 2.16. The lowest BCUT2D eigenvalue weighted by Crippen LogP contribution is -2.12. The van der Waals surface area contributed by atoms with Crippen LogP contribution in [0.25, 0.3) is 11.5 Å². The van der Waals surface area contributed by atoms with Crippen molar-refractivity contribution >= 4 is 33.3 Å². The fourth-order valence-electron chi connectivity index (χ4n) is 3.04. The average Bonchev–Trinajstić information content (AvgIpc) is 3.36. The molecule has 0 spiro atoms. The van der Waals surface area contributed by atoms with Gasteiger partial charge in [0.05, 0.1) is 24.9 Å². The number of nitrogens with zero attached hydrogens (tertiary/aromatic N) is 2. The lowest BCUT2D eigenvalue weighted by Gasteiger charge is -2.09. The van der Waals surface area contributed by atoms with Crippen molar-refractivity contribution in [3.05, 3.63) is 78.4 Å². The molecule has 0 aliphatic heterocycles. The number of ether oxygens (including phenoxy) is 2. The zero-order valence-electron chi connectivity index (χ0n) is 18.8. The minimum atomic E-state index is -3.75. The van der Waals surface area contributed by atoms with Crippen LogP contribution >= 0.6 is 11.8 Å². The predicted octanol–water partition coefficient (Wildman–Crippen LogP) is 4.53. The number of rotatable bonds is 10. The molecule has 0 saturated carbocycles. The van der Waals surface area contributed by atoms with E-state index in [-0.39, 0.29) is 27.5 Å². The third-order valence-corrected chi connectivity index (χ3v) is 7.09. The molecule has 4 rings (SSSR count). The molecule has 3 aromatic carbocycles. The maximum atomic E-state index is 12.6. The Kier molecular flexibility index (Phi) is 7.37. The third kappa shape index (κ3) is 6.00. The molecule has 0 aliphatic carbocycles. The highest BCUT2D eigenvalue weighted by Crippen LogP contribution is 2.26. The van der Waals surface area contributed by atoms with Crippen molar-refractivity contribution in [1.29, 1.82) is 0 Å². The Labute approximate surface area is 206 Å². The molecule has 11 heteroatoms. The first-order valence-electron chi connectivity index (χ1n) is 10.3. The van der Waals surface area contributed by atoms with Gasteiger partial charge in [0.25, 0.3) is 15.2 Å². The van der Waals surface area contributed by atoms with Crippen molar-refractivity contribution in [2.45, 2.75) is 10.1 Å². The lowest BCUT2D eigenvalue weighted by atomic mass is 10.1. The van der Waals surface area contributed by atoms with Gasteiger partial charge in [-0.05, 0) is 60.7 Å². The van der Waals surface area contributed by atoms with Crippen molar-refractivity contribution in [3.8, 4) is 23.0 Å². The normalized spacial score (nSPS) is 11.1. The molecule has 0 unspecified atom stereocenters. The number of nitrogens with one attached hydrogen (secondary N) is 1. The van der Waals surface area contributed by atoms with Crippen molar-refractivity contribution in [2.75, 3.05) is 24.7 Å². The number of methoxy groups -OCH3 is 2. The van der Waals surface area contributed by atoms with Crippen molar-refractivity contribution in [3.63, 3.8) is 0 Å². The SMILES string of the molecule is COc1ccc(S(=O)(=O)Nc2ccc(-c3nnc(SCC(=O)c4cccc(OC)c4)o3)cc2)cc1. The zero-order chi connectivity index (χ0) is 24.8. The summed E-state index contributed by atoms with van der Waals surface area (Å²) in [5, 5.41) is 8.24. The van der Waals surface area contributed by atoms with Crippen LogP contribution in [0.4, 0.5) is 5.69 Å². The summed E-state index contributed by atoms with van der Waals surface area (Å²) in [6, 6.07) is 19.5. The number of ketones is 1. The van der Waals surface area contributed by atoms with E-state index in [1.807, 2.05) is 0 Å². The first kappa shape index (κ1) is 24.3. The van der Waals surface area contributed by atoms with E-state index in [9.17, 15) is 13.2 Å². The molecule has 0 atom stereocenters. The molecule has 35 heavy (non-hydrogen) atoms. The number of anilines is 1. The van der Waals surface area contributed by atoms with Gasteiger partial charge in [-0.15, -0.1) is 10.2 Å². The molecule has 0 aliphatic rings. The van der Waals surface area contributed by atoms with Gasteiger partial charge < -0.3 is 13.9 Å². The van der Waals surface area contributed by atoms with Gasteiger partial charge in [0.2, 0.25) is 5.89 Å². The molecule has 4 aromatic rings. The monoisotopic (exact) mass is 511 g/mol. The van der Waals surface area contributed by atoms with Gasteiger partial charge in [0, 0.05) is 16.8 Å². The number of sulfonamides is 1. The Balaban J connectivity index is 1.38. The van der Waals surface area contributed by atoms with E-state index in [1.165, 1.54) is 19.2 Å². The van der Waals surface area contributed by atoms with E-state index in [2.05, 4.69) is 14.9 Å². The van der Waals surface area contributed by atoms with Crippen LogP contribution in [-0.2, 0) is 10.0 Å². The molecular weight excluding hydrogens is 490 g/mol. The summed E-state index contributed by atoms with van der Waals surface area (Å²) in [6.07, 6.45) is 0. The minimum absolute atomic E-state index is 0.0952. The molecule has 0 saturated heterocycles. The highest BCUT2D eigenvalue weighted by atomic mass is 32.2. The smallest absolute Gasteiger partial charge is 0.277 e. The number of aromatic nitrogens is 2. The van der Waals surface area contributed by atoms with Gasteiger partial charge in [-0.25, -0.2) is 8.42 Å². The van der Waals surface area contributed by atoms with Gasteiger partial charge in [-0.2, -0.15) is 0 Å². The summed E-state index contributed by atoms with van der Waals surface area (Å²) in [5.41, 5.74) is 1.52. The Morgan fingerprint density at radius 1 is 0.943 bits per heavy atom. The maximum Gasteiger partial charge on any atom is 0.277 e. The number of hydrogen-bond donors (Lipinski definition) is 1. The topological polar surface area (TPSA) is 121 Å². The number of hydrogen-bond acceptors (Lipinski definition) is 9. The Morgan fingerprint density at radius 3 is 2.34 bits per heavy atom. The Hall–Kier alpha value is -3.83. The average molecular weight is 512 g/mol. The molecule has 180 valence electrons. The predicted molar refractivity (Wildman–Crippen MR) is 132 cm³/mol. The number of benzene rings is 3. The third-order valence-electron chi connectivity index (χ3n) is 4.88. The molecule has 0 bridgehead atoms. The van der Waals surface area contributed by atoms with E-state index in [0.717, 1.165) is 11.8 Å². The summed E-state index contributed by atoms with van der Waals surface area (Å²) >= 11 is 1.13. The second-order valence-corrected chi connectivity index (χ2v) is 9.78. The fraction of sp³-hybridized carbons (Fsp3) is 0.125. The van der Waals surface area contributed by atoms with Crippen LogP contribution in [-0.4, -0.2) is 44.4 Å². The molecule has 1 heterocycles. The molecule has 0 radical (unpaired) electrons. The summed E-state index contributed by atoms with van der Waals surface area (Å²) in [5.74, 6) is 1.46. The fourth-order valence-corrected chi connectivity index (χ4v) is 4.76. The molecule has 1 N–H and O–H groups in total. The van der Waals surface area contributed by atoms with E-state index >= 15 is 0 Å². The second-order valence-electron chi connectivity index (χ2n) is 7.18. The molecule has 1 aromatic heterocycles. The molecule has 0 amide bonds. The highest BCUT2D eigenvalue weighted by molar-refractivity contribution is 7.99. The van der Waals surface area contributed by atoms with Crippen LogP contribution in [0.3, 0.4) is 0 Å². The standard InChI is InChI=1S/C24H21N3O6S2/c1-31-19-10-12-21(13-11-19)35(29,30)27-18-8-6-16(7-9-18)23-25-26-24(33-23)34-15-22(28)17-4-3-5-20(14-17)32-2/h3-14,27H,15H2,1-2H3. The summed E-state index contributed by atoms with van der Waals surface area (Å²) in [7, 11) is -0.702. The van der Waals surface area contributed by atoms with Gasteiger partial charge >= 0.3 is 0 Å². The van der Waals surface area contributed by atoms with Crippen LogP contribution in [0.1, 0.15) is 10.4 Å². The minimum Gasteiger partial charge on any atom is -0.497 e. The van der Waals surface area contributed by atoms with Crippen LogP contribution in [0.5, 0.6) is 11.5 Å².